The number of anilines is 1. The summed E-state index contributed by atoms with van der Waals surface area (Å²) in [7, 11) is 0. The molecular formula is C13H10N2O4S. The third kappa shape index (κ3) is 2.10. The van der Waals surface area contributed by atoms with E-state index < -0.39 is 17.8 Å². The fourth-order valence-corrected chi connectivity index (χ4v) is 2.94. The molecule has 1 aliphatic heterocycles. The van der Waals surface area contributed by atoms with Gasteiger partial charge in [0, 0.05) is 12.2 Å². The number of thiophene rings is 1. The number of amides is 2. The first-order chi connectivity index (χ1) is 9.51. The van der Waals surface area contributed by atoms with Gasteiger partial charge in [-0.05, 0) is 19.4 Å². The highest BCUT2D eigenvalue weighted by Gasteiger charge is 2.32. The first-order valence-electron chi connectivity index (χ1n) is 5.78. The maximum atomic E-state index is 11.8. The minimum Gasteiger partial charge on any atom is -0.462 e. The number of ether oxygens (including phenoxy) is 1. The Hall–Kier alpha value is -2.46. The Morgan fingerprint density at radius 1 is 1.40 bits per heavy atom. The third-order valence-corrected chi connectivity index (χ3v) is 3.97. The molecule has 7 heteroatoms. The van der Waals surface area contributed by atoms with Gasteiger partial charge in [-0.2, -0.15) is 5.26 Å². The van der Waals surface area contributed by atoms with Gasteiger partial charge in [0.2, 0.25) is 0 Å². The number of carbonyl (C=O) groups excluding carboxylic acids is 3. The molecule has 0 atom stereocenters. The van der Waals surface area contributed by atoms with Crippen molar-refractivity contribution in [2.45, 2.75) is 13.8 Å². The van der Waals surface area contributed by atoms with E-state index in [0.717, 1.165) is 28.4 Å². The summed E-state index contributed by atoms with van der Waals surface area (Å²) in [5.41, 5.74) is 0.557. The number of nitrogens with zero attached hydrogens (tertiary/aromatic N) is 2. The van der Waals surface area contributed by atoms with E-state index in [2.05, 4.69) is 0 Å². The lowest BCUT2D eigenvalue weighted by atomic mass is 10.1. The maximum absolute atomic E-state index is 11.8. The first-order valence-corrected chi connectivity index (χ1v) is 6.59. The van der Waals surface area contributed by atoms with Crippen LogP contribution in [0.1, 0.15) is 27.7 Å². The summed E-state index contributed by atoms with van der Waals surface area (Å²) in [4.78, 5) is 36.3. The summed E-state index contributed by atoms with van der Waals surface area (Å²) >= 11 is 0.911. The van der Waals surface area contributed by atoms with Crippen LogP contribution in [-0.4, -0.2) is 24.4 Å². The average molecular weight is 290 g/mol. The summed E-state index contributed by atoms with van der Waals surface area (Å²) in [6.07, 6.45) is 2.26. The lowest BCUT2D eigenvalue weighted by molar-refractivity contribution is -0.119. The molecule has 1 aromatic heterocycles. The van der Waals surface area contributed by atoms with Gasteiger partial charge in [0.25, 0.3) is 11.8 Å². The second-order valence-electron chi connectivity index (χ2n) is 3.91. The molecule has 2 rings (SSSR count). The van der Waals surface area contributed by atoms with Crippen LogP contribution in [0, 0.1) is 18.3 Å². The lowest BCUT2D eigenvalue weighted by Crippen LogP contribution is -2.29. The van der Waals surface area contributed by atoms with Gasteiger partial charge in [-0.15, -0.1) is 11.3 Å². The summed E-state index contributed by atoms with van der Waals surface area (Å²) < 4.78 is 4.90. The van der Waals surface area contributed by atoms with Crippen LogP contribution in [0.3, 0.4) is 0 Å². The summed E-state index contributed by atoms with van der Waals surface area (Å²) in [6.45, 7) is 3.46. The monoisotopic (exact) mass is 290 g/mol. The Morgan fingerprint density at radius 2 is 2.00 bits per heavy atom. The molecule has 0 radical (unpaired) electrons. The molecule has 0 saturated heterocycles. The normalized spacial score (nSPS) is 13.8. The third-order valence-electron chi connectivity index (χ3n) is 2.71. The number of nitriles is 1. The fraction of sp³-hybridized carbons (Fsp3) is 0.231. The zero-order chi connectivity index (χ0) is 14.9. The van der Waals surface area contributed by atoms with Crippen LogP contribution >= 0.6 is 11.3 Å². The van der Waals surface area contributed by atoms with Crippen molar-refractivity contribution >= 4 is 34.1 Å². The molecule has 0 spiro atoms. The van der Waals surface area contributed by atoms with Crippen LogP contribution < -0.4 is 4.90 Å². The highest BCUT2D eigenvalue weighted by molar-refractivity contribution is 7.18. The van der Waals surface area contributed by atoms with E-state index in [1.807, 2.05) is 6.07 Å². The molecule has 2 amide bonds. The maximum Gasteiger partial charge on any atom is 0.348 e. The quantitative estimate of drug-likeness (QED) is 0.622. The van der Waals surface area contributed by atoms with E-state index in [1.54, 1.807) is 13.8 Å². The molecule has 102 valence electrons. The van der Waals surface area contributed by atoms with Crippen LogP contribution in [0.15, 0.2) is 12.2 Å². The van der Waals surface area contributed by atoms with Crippen molar-refractivity contribution in [2.24, 2.45) is 0 Å². The van der Waals surface area contributed by atoms with Crippen LogP contribution in [0.2, 0.25) is 0 Å². The molecule has 0 N–H and O–H groups in total. The predicted octanol–water partition coefficient (Wildman–Crippen LogP) is 1.53. The van der Waals surface area contributed by atoms with Gasteiger partial charge in [0.15, 0.2) is 0 Å². The fourth-order valence-electron chi connectivity index (χ4n) is 1.78. The largest absolute Gasteiger partial charge is 0.462 e. The number of imide groups is 1. The molecule has 1 aromatic rings. The Labute approximate surface area is 118 Å². The van der Waals surface area contributed by atoms with Crippen molar-refractivity contribution in [1.29, 1.82) is 5.26 Å². The molecule has 2 heterocycles. The summed E-state index contributed by atoms with van der Waals surface area (Å²) in [5, 5.41) is 9.35. The summed E-state index contributed by atoms with van der Waals surface area (Å²) in [6, 6.07) is 1.93. The van der Waals surface area contributed by atoms with Crippen molar-refractivity contribution in [3.05, 3.63) is 28.2 Å². The zero-order valence-electron chi connectivity index (χ0n) is 10.8. The Kier molecular flexibility index (Phi) is 3.68. The van der Waals surface area contributed by atoms with Gasteiger partial charge in [0.05, 0.1) is 12.2 Å². The lowest BCUT2D eigenvalue weighted by Gasteiger charge is -2.11. The van der Waals surface area contributed by atoms with E-state index in [-0.39, 0.29) is 22.0 Å². The first kappa shape index (κ1) is 14.0. The second-order valence-corrected chi connectivity index (χ2v) is 4.91. The number of rotatable bonds is 3. The number of esters is 1. The van der Waals surface area contributed by atoms with Crippen LogP contribution in [0.4, 0.5) is 5.00 Å². The van der Waals surface area contributed by atoms with Gasteiger partial charge in [0.1, 0.15) is 15.9 Å². The van der Waals surface area contributed by atoms with Gasteiger partial charge in [-0.25, -0.2) is 9.69 Å². The van der Waals surface area contributed by atoms with Crippen molar-refractivity contribution in [3.8, 4) is 6.07 Å². The van der Waals surface area contributed by atoms with Crippen LogP contribution in [-0.2, 0) is 14.3 Å². The minimum absolute atomic E-state index is 0.142. The summed E-state index contributed by atoms with van der Waals surface area (Å²) in [5.74, 6) is -1.61. The minimum atomic E-state index is -0.565. The standard InChI is InChI=1S/C13H10N2O4S/c1-3-19-13(18)11-7(2)8(6-14)12(20-11)15-9(16)4-5-10(15)17/h4-5H,3H2,1-2H3. The van der Waals surface area contributed by atoms with E-state index in [4.69, 9.17) is 4.74 Å². The Morgan fingerprint density at radius 3 is 2.50 bits per heavy atom. The molecule has 0 aromatic carbocycles. The average Bonchev–Trinajstić information content (AvgIpc) is 2.90. The molecule has 20 heavy (non-hydrogen) atoms. The highest BCUT2D eigenvalue weighted by Crippen LogP contribution is 2.37. The molecule has 0 bridgehead atoms. The Bertz CT molecular complexity index is 663. The van der Waals surface area contributed by atoms with Crippen molar-refractivity contribution in [2.75, 3.05) is 11.5 Å². The predicted molar refractivity (Wildman–Crippen MR) is 71.4 cm³/mol. The van der Waals surface area contributed by atoms with Crippen LogP contribution in [0.25, 0.3) is 0 Å². The van der Waals surface area contributed by atoms with Gasteiger partial charge in [-0.3, -0.25) is 9.59 Å². The van der Waals surface area contributed by atoms with E-state index in [9.17, 15) is 19.6 Å². The Balaban J connectivity index is 2.53. The van der Waals surface area contributed by atoms with Crippen LogP contribution in [0.5, 0.6) is 0 Å². The van der Waals surface area contributed by atoms with Crippen molar-refractivity contribution in [1.82, 2.24) is 0 Å². The SMILES string of the molecule is CCOC(=O)c1sc(N2C(=O)C=CC2=O)c(C#N)c1C. The van der Waals surface area contributed by atoms with Gasteiger partial charge in [-0.1, -0.05) is 0 Å². The number of hydrogen-bond donors (Lipinski definition) is 0. The van der Waals surface area contributed by atoms with E-state index in [0.29, 0.717) is 5.56 Å². The number of carbonyl (C=O) groups is 3. The molecule has 0 fully saturated rings. The molecule has 0 aliphatic carbocycles. The van der Waals surface area contributed by atoms with Crippen molar-refractivity contribution in [3.63, 3.8) is 0 Å². The van der Waals surface area contributed by atoms with E-state index >= 15 is 0 Å². The smallest absolute Gasteiger partial charge is 0.348 e. The van der Waals surface area contributed by atoms with Gasteiger partial charge >= 0.3 is 5.97 Å². The topological polar surface area (TPSA) is 87.5 Å². The van der Waals surface area contributed by atoms with Crippen molar-refractivity contribution < 1.29 is 19.1 Å². The highest BCUT2D eigenvalue weighted by atomic mass is 32.1. The second kappa shape index (κ2) is 5.27. The van der Waals surface area contributed by atoms with E-state index in [1.165, 1.54) is 0 Å². The molecule has 0 saturated carbocycles. The number of hydrogen-bond acceptors (Lipinski definition) is 6. The zero-order valence-corrected chi connectivity index (χ0v) is 11.6. The molecule has 6 nitrogen and oxygen atoms in total. The molecule has 0 unspecified atom stereocenters. The molecular weight excluding hydrogens is 280 g/mol. The van der Waals surface area contributed by atoms with Gasteiger partial charge < -0.3 is 4.74 Å². The molecule has 1 aliphatic rings.